The van der Waals surface area contributed by atoms with E-state index < -0.39 is 0 Å². The molecule has 0 aliphatic carbocycles. The summed E-state index contributed by atoms with van der Waals surface area (Å²) < 4.78 is 13.0. The zero-order valence-corrected chi connectivity index (χ0v) is 13.0. The number of hydrogen-bond donors (Lipinski definition) is 0. The first kappa shape index (κ1) is 15.0. The molecule has 2 fully saturated rings. The molecule has 2 heterocycles. The Balaban J connectivity index is 1.75. The van der Waals surface area contributed by atoms with Crippen LogP contribution in [0.15, 0.2) is 24.3 Å². The predicted octanol–water partition coefficient (Wildman–Crippen LogP) is 2.44. The third-order valence-corrected chi connectivity index (χ3v) is 4.70. The summed E-state index contributed by atoms with van der Waals surface area (Å²) in [4.78, 5) is 28.1. The van der Waals surface area contributed by atoms with E-state index in [9.17, 15) is 14.0 Å². The smallest absolute Gasteiger partial charge is 0.227 e. The number of nitrogens with zero attached hydrogens (tertiary/aromatic N) is 2. The van der Waals surface area contributed by atoms with Gasteiger partial charge in [0.05, 0.1) is 0 Å². The number of carbonyl (C=O) groups is 2. The Morgan fingerprint density at radius 3 is 2.55 bits per heavy atom. The normalized spacial score (nSPS) is 24.8. The quantitative estimate of drug-likeness (QED) is 0.842. The minimum Gasteiger partial charge on any atom is -0.342 e. The van der Waals surface area contributed by atoms with E-state index in [0.29, 0.717) is 19.5 Å². The van der Waals surface area contributed by atoms with E-state index >= 15 is 0 Å². The van der Waals surface area contributed by atoms with Crippen molar-refractivity contribution in [2.75, 3.05) is 24.5 Å². The molecule has 2 saturated heterocycles. The lowest BCUT2D eigenvalue weighted by Crippen LogP contribution is -2.36. The average Bonchev–Trinajstić information content (AvgIpc) is 3.03. The van der Waals surface area contributed by atoms with Crippen molar-refractivity contribution >= 4 is 17.5 Å². The van der Waals surface area contributed by atoms with Crippen molar-refractivity contribution in [3.05, 3.63) is 30.1 Å². The summed E-state index contributed by atoms with van der Waals surface area (Å²) in [6.45, 7) is 5.78. The molecule has 0 saturated carbocycles. The summed E-state index contributed by atoms with van der Waals surface area (Å²) in [6.07, 6.45) is 1.32. The molecule has 2 amide bonds. The Morgan fingerprint density at radius 1 is 1.23 bits per heavy atom. The Hall–Kier alpha value is -1.91. The van der Waals surface area contributed by atoms with Crippen LogP contribution in [-0.4, -0.2) is 36.3 Å². The van der Waals surface area contributed by atoms with Crippen molar-refractivity contribution in [2.24, 2.45) is 11.3 Å². The number of amides is 2. The van der Waals surface area contributed by atoms with Gasteiger partial charge in [0.15, 0.2) is 0 Å². The zero-order valence-electron chi connectivity index (χ0n) is 13.0. The van der Waals surface area contributed by atoms with E-state index in [2.05, 4.69) is 0 Å². The highest BCUT2D eigenvalue weighted by atomic mass is 19.1. The first-order valence-electron chi connectivity index (χ1n) is 7.75. The second-order valence-corrected chi connectivity index (χ2v) is 6.80. The SMILES string of the molecule is CC(C)C(=O)N1CCC2(CC(=O)N(c3ccc(F)cc3)C2)C1. The Bertz CT molecular complexity index is 599. The van der Waals surface area contributed by atoms with Crippen LogP contribution in [0.1, 0.15) is 26.7 Å². The molecule has 3 rings (SSSR count). The monoisotopic (exact) mass is 304 g/mol. The van der Waals surface area contributed by atoms with E-state index in [4.69, 9.17) is 0 Å². The lowest BCUT2D eigenvalue weighted by molar-refractivity contribution is -0.133. The molecule has 2 aliphatic heterocycles. The molecule has 118 valence electrons. The summed E-state index contributed by atoms with van der Waals surface area (Å²) in [5, 5.41) is 0. The van der Waals surface area contributed by atoms with Crippen LogP contribution >= 0.6 is 0 Å². The fourth-order valence-corrected chi connectivity index (χ4v) is 3.51. The van der Waals surface area contributed by atoms with Gasteiger partial charge in [0, 0.05) is 43.1 Å². The molecular weight excluding hydrogens is 283 g/mol. The maximum absolute atomic E-state index is 13.0. The molecule has 22 heavy (non-hydrogen) atoms. The van der Waals surface area contributed by atoms with Crippen molar-refractivity contribution in [2.45, 2.75) is 26.7 Å². The van der Waals surface area contributed by atoms with E-state index in [1.807, 2.05) is 18.7 Å². The number of carbonyl (C=O) groups excluding carboxylic acids is 2. The first-order chi connectivity index (χ1) is 10.4. The van der Waals surface area contributed by atoms with Gasteiger partial charge in [0.2, 0.25) is 11.8 Å². The largest absolute Gasteiger partial charge is 0.342 e. The molecule has 1 aromatic carbocycles. The third-order valence-electron chi connectivity index (χ3n) is 4.70. The Kier molecular flexibility index (Phi) is 3.67. The lowest BCUT2D eigenvalue weighted by Gasteiger charge is -2.25. The van der Waals surface area contributed by atoms with E-state index in [1.165, 1.54) is 12.1 Å². The highest BCUT2D eigenvalue weighted by Crippen LogP contribution is 2.42. The predicted molar refractivity (Wildman–Crippen MR) is 81.8 cm³/mol. The van der Waals surface area contributed by atoms with Crippen molar-refractivity contribution in [3.8, 4) is 0 Å². The molecule has 0 radical (unpaired) electrons. The van der Waals surface area contributed by atoms with Crippen LogP contribution in [0, 0.1) is 17.2 Å². The van der Waals surface area contributed by atoms with Gasteiger partial charge in [-0.3, -0.25) is 9.59 Å². The fourth-order valence-electron chi connectivity index (χ4n) is 3.51. The van der Waals surface area contributed by atoms with Gasteiger partial charge in [-0.05, 0) is 30.7 Å². The number of halogens is 1. The maximum atomic E-state index is 13.0. The van der Waals surface area contributed by atoms with Crippen molar-refractivity contribution in [3.63, 3.8) is 0 Å². The lowest BCUT2D eigenvalue weighted by atomic mass is 9.86. The summed E-state index contributed by atoms with van der Waals surface area (Å²) in [5.74, 6) is -0.102. The van der Waals surface area contributed by atoms with E-state index in [-0.39, 0.29) is 29.0 Å². The molecule has 1 spiro atoms. The number of hydrogen-bond acceptors (Lipinski definition) is 2. The number of rotatable bonds is 2. The van der Waals surface area contributed by atoms with Crippen LogP contribution in [0.25, 0.3) is 0 Å². The molecule has 2 aliphatic rings. The molecule has 0 N–H and O–H groups in total. The van der Waals surface area contributed by atoms with Crippen LogP contribution in [0.4, 0.5) is 10.1 Å². The fraction of sp³-hybridized carbons (Fsp3) is 0.529. The van der Waals surface area contributed by atoms with Crippen LogP contribution in [-0.2, 0) is 9.59 Å². The molecule has 0 aromatic heterocycles. The Morgan fingerprint density at radius 2 is 1.91 bits per heavy atom. The third kappa shape index (κ3) is 2.60. The molecule has 5 heteroatoms. The number of anilines is 1. The van der Waals surface area contributed by atoms with Gasteiger partial charge in [-0.2, -0.15) is 0 Å². The van der Waals surface area contributed by atoms with Gasteiger partial charge in [-0.15, -0.1) is 0 Å². The average molecular weight is 304 g/mol. The minimum absolute atomic E-state index is 0.0135. The summed E-state index contributed by atoms with van der Waals surface area (Å²) in [5.41, 5.74) is 0.590. The molecule has 4 nitrogen and oxygen atoms in total. The second-order valence-electron chi connectivity index (χ2n) is 6.80. The maximum Gasteiger partial charge on any atom is 0.227 e. The van der Waals surface area contributed by atoms with Crippen LogP contribution < -0.4 is 4.90 Å². The van der Waals surface area contributed by atoms with Crippen molar-refractivity contribution < 1.29 is 14.0 Å². The van der Waals surface area contributed by atoms with Crippen molar-refractivity contribution in [1.29, 1.82) is 0 Å². The van der Waals surface area contributed by atoms with Crippen LogP contribution in [0.3, 0.4) is 0 Å². The molecular formula is C17H21FN2O2. The van der Waals surface area contributed by atoms with E-state index in [0.717, 1.165) is 18.7 Å². The minimum atomic E-state index is -0.306. The number of likely N-dealkylation sites (tertiary alicyclic amines) is 1. The molecule has 1 atom stereocenters. The highest BCUT2D eigenvalue weighted by molar-refractivity contribution is 5.96. The van der Waals surface area contributed by atoms with Gasteiger partial charge >= 0.3 is 0 Å². The Labute approximate surface area is 129 Å². The van der Waals surface area contributed by atoms with Gasteiger partial charge in [-0.1, -0.05) is 13.8 Å². The molecule has 1 aromatic rings. The van der Waals surface area contributed by atoms with Gasteiger partial charge in [0.25, 0.3) is 0 Å². The molecule has 0 bridgehead atoms. The highest BCUT2D eigenvalue weighted by Gasteiger charge is 2.48. The van der Waals surface area contributed by atoms with Crippen molar-refractivity contribution in [1.82, 2.24) is 4.90 Å². The summed E-state index contributed by atoms with van der Waals surface area (Å²) >= 11 is 0. The zero-order chi connectivity index (χ0) is 15.9. The first-order valence-corrected chi connectivity index (χ1v) is 7.75. The van der Waals surface area contributed by atoms with Gasteiger partial charge < -0.3 is 9.80 Å². The van der Waals surface area contributed by atoms with Crippen LogP contribution in [0.2, 0.25) is 0 Å². The summed E-state index contributed by atoms with van der Waals surface area (Å²) in [6, 6.07) is 6.02. The standard InChI is InChI=1S/C17H21FN2O2/c1-12(2)16(22)19-8-7-17(10-19)9-15(21)20(11-17)14-5-3-13(18)4-6-14/h3-6,12H,7-11H2,1-2H3. The second kappa shape index (κ2) is 5.38. The van der Waals surface area contributed by atoms with Crippen LogP contribution in [0.5, 0.6) is 0 Å². The topological polar surface area (TPSA) is 40.6 Å². The van der Waals surface area contributed by atoms with E-state index in [1.54, 1.807) is 17.0 Å². The molecule has 1 unspecified atom stereocenters. The van der Waals surface area contributed by atoms with Gasteiger partial charge in [0.1, 0.15) is 5.82 Å². The summed E-state index contributed by atoms with van der Waals surface area (Å²) in [7, 11) is 0. The van der Waals surface area contributed by atoms with Gasteiger partial charge in [-0.25, -0.2) is 4.39 Å². The number of benzene rings is 1.